The first-order valence-corrected chi connectivity index (χ1v) is 7.00. The second-order valence-corrected chi connectivity index (χ2v) is 5.18. The van der Waals surface area contributed by atoms with Crippen LogP contribution in [-0.2, 0) is 9.47 Å². The van der Waals surface area contributed by atoms with Crippen molar-refractivity contribution in [2.45, 2.75) is 31.9 Å². The van der Waals surface area contributed by atoms with Crippen molar-refractivity contribution in [2.75, 3.05) is 32.1 Å². The van der Waals surface area contributed by atoms with Gasteiger partial charge in [0, 0.05) is 11.8 Å². The zero-order chi connectivity index (χ0) is 11.2. The van der Waals surface area contributed by atoms with E-state index in [4.69, 9.17) is 9.47 Å². The molecule has 0 aromatic heterocycles. The smallest absolute Gasteiger partial charge is 0.156 e. The number of rotatable bonds is 3. The van der Waals surface area contributed by atoms with Crippen molar-refractivity contribution in [3.63, 3.8) is 0 Å². The van der Waals surface area contributed by atoms with Gasteiger partial charge in [-0.1, -0.05) is 18.7 Å². The first kappa shape index (κ1) is 12.2. The summed E-state index contributed by atoms with van der Waals surface area (Å²) in [6.07, 6.45) is 2.55. The van der Waals surface area contributed by atoms with E-state index < -0.39 is 0 Å². The topological polar surface area (TPSA) is 42.9 Å². The molecular weight excluding hydrogens is 224 g/mol. The van der Waals surface area contributed by atoms with E-state index in [1.54, 1.807) is 0 Å². The lowest BCUT2D eigenvalue weighted by molar-refractivity contribution is -0.0832. The molecule has 2 saturated heterocycles. The molecule has 2 aliphatic heterocycles. The Morgan fingerprint density at radius 2 is 2.44 bits per heavy atom. The van der Waals surface area contributed by atoms with Crippen LogP contribution in [0.5, 0.6) is 0 Å². The number of hydrogen-bond donors (Lipinski definition) is 1. The van der Waals surface area contributed by atoms with Crippen molar-refractivity contribution < 1.29 is 9.47 Å². The van der Waals surface area contributed by atoms with E-state index in [0.29, 0.717) is 25.8 Å². The minimum absolute atomic E-state index is 0.144. The zero-order valence-electron chi connectivity index (χ0n) is 9.78. The summed E-state index contributed by atoms with van der Waals surface area (Å²) in [6, 6.07) is 0.600. The van der Waals surface area contributed by atoms with Crippen LogP contribution in [0.1, 0.15) is 19.8 Å². The molecule has 2 fully saturated rings. The Balaban J connectivity index is 1.77. The summed E-state index contributed by atoms with van der Waals surface area (Å²) in [5, 5.41) is 4.54. The summed E-state index contributed by atoms with van der Waals surface area (Å²) in [4.78, 5) is 4.57. The summed E-state index contributed by atoms with van der Waals surface area (Å²) < 4.78 is 10.9. The van der Waals surface area contributed by atoms with Crippen LogP contribution in [-0.4, -0.2) is 49.4 Å². The van der Waals surface area contributed by atoms with Crippen molar-refractivity contribution in [1.82, 2.24) is 5.32 Å². The molecule has 2 atom stereocenters. The Kier molecular flexibility index (Phi) is 4.93. The molecule has 0 saturated carbocycles. The van der Waals surface area contributed by atoms with E-state index in [2.05, 4.69) is 17.2 Å². The number of amidine groups is 1. The van der Waals surface area contributed by atoms with Gasteiger partial charge in [-0.05, 0) is 12.8 Å². The molecule has 92 valence electrons. The minimum atomic E-state index is 0.144. The number of aliphatic imine (C=N–C) groups is 1. The molecule has 16 heavy (non-hydrogen) atoms. The molecule has 2 heterocycles. The van der Waals surface area contributed by atoms with E-state index in [-0.39, 0.29) is 6.10 Å². The Bertz CT molecular complexity index is 242. The van der Waals surface area contributed by atoms with Crippen LogP contribution < -0.4 is 5.32 Å². The average Bonchev–Trinajstić information content (AvgIpc) is 2.38. The SMILES string of the molecule is CCC1CCSC(=NCC2COCCO2)N1. The first-order chi connectivity index (χ1) is 7.88. The zero-order valence-corrected chi connectivity index (χ0v) is 10.6. The highest BCUT2D eigenvalue weighted by molar-refractivity contribution is 8.13. The maximum absolute atomic E-state index is 5.55. The number of nitrogens with one attached hydrogen (secondary N) is 1. The van der Waals surface area contributed by atoms with Crippen LogP contribution in [0.15, 0.2) is 4.99 Å². The molecule has 5 heteroatoms. The van der Waals surface area contributed by atoms with Gasteiger partial charge in [0.1, 0.15) is 6.10 Å². The van der Waals surface area contributed by atoms with Crippen LogP contribution in [0.2, 0.25) is 0 Å². The van der Waals surface area contributed by atoms with Gasteiger partial charge in [0.05, 0.1) is 26.4 Å². The van der Waals surface area contributed by atoms with E-state index >= 15 is 0 Å². The third-order valence-electron chi connectivity index (χ3n) is 2.85. The maximum atomic E-state index is 5.55. The van der Waals surface area contributed by atoms with Crippen LogP contribution in [0.3, 0.4) is 0 Å². The van der Waals surface area contributed by atoms with Crippen LogP contribution in [0, 0.1) is 0 Å². The van der Waals surface area contributed by atoms with E-state index in [1.807, 2.05) is 11.8 Å². The van der Waals surface area contributed by atoms with Gasteiger partial charge in [0.25, 0.3) is 0 Å². The molecule has 0 amide bonds. The molecule has 1 N–H and O–H groups in total. The quantitative estimate of drug-likeness (QED) is 0.812. The summed E-state index contributed by atoms with van der Waals surface area (Å²) in [5.74, 6) is 1.17. The van der Waals surface area contributed by atoms with Crippen LogP contribution in [0.4, 0.5) is 0 Å². The number of thioether (sulfide) groups is 1. The normalized spacial score (nSPS) is 33.7. The van der Waals surface area contributed by atoms with Crippen molar-refractivity contribution in [1.29, 1.82) is 0 Å². The van der Waals surface area contributed by atoms with Crippen molar-refractivity contribution in [3.05, 3.63) is 0 Å². The van der Waals surface area contributed by atoms with Gasteiger partial charge in [0.2, 0.25) is 0 Å². The van der Waals surface area contributed by atoms with Gasteiger partial charge in [-0.15, -0.1) is 0 Å². The molecule has 2 unspecified atom stereocenters. The van der Waals surface area contributed by atoms with Crippen molar-refractivity contribution >= 4 is 16.9 Å². The fraction of sp³-hybridized carbons (Fsp3) is 0.909. The molecular formula is C11H20N2O2S. The molecule has 0 radical (unpaired) electrons. The van der Waals surface area contributed by atoms with E-state index in [9.17, 15) is 0 Å². The fourth-order valence-electron chi connectivity index (χ4n) is 1.81. The molecule has 0 bridgehead atoms. The van der Waals surface area contributed by atoms with Crippen molar-refractivity contribution in [2.24, 2.45) is 4.99 Å². The highest BCUT2D eigenvalue weighted by Crippen LogP contribution is 2.16. The van der Waals surface area contributed by atoms with Gasteiger partial charge < -0.3 is 14.8 Å². The lowest BCUT2D eigenvalue weighted by Crippen LogP contribution is -2.38. The Morgan fingerprint density at radius 1 is 1.50 bits per heavy atom. The van der Waals surface area contributed by atoms with Crippen LogP contribution in [0.25, 0.3) is 0 Å². The van der Waals surface area contributed by atoms with Gasteiger partial charge >= 0.3 is 0 Å². The van der Waals surface area contributed by atoms with Gasteiger partial charge in [-0.3, -0.25) is 4.99 Å². The fourth-order valence-corrected chi connectivity index (χ4v) is 2.82. The van der Waals surface area contributed by atoms with Gasteiger partial charge in [-0.25, -0.2) is 0 Å². The number of nitrogens with zero attached hydrogens (tertiary/aromatic N) is 1. The summed E-state index contributed by atoms with van der Waals surface area (Å²) >= 11 is 1.81. The molecule has 4 nitrogen and oxygen atoms in total. The molecule has 0 aliphatic carbocycles. The number of hydrogen-bond acceptors (Lipinski definition) is 4. The standard InChI is InChI=1S/C11H20N2O2S/c1-2-9-3-6-16-11(13-9)12-7-10-8-14-4-5-15-10/h9-10H,2-8H2,1H3,(H,12,13). The average molecular weight is 244 g/mol. The van der Waals surface area contributed by atoms with E-state index in [0.717, 1.165) is 11.8 Å². The molecule has 2 rings (SSSR count). The third-order valence-corrected chi connectivity index (χ3v) is 3.81. The first-order valence-electron chi connectivity index (χ1n) is 6.01. The summed E-state index contributed by atoms with van der Waals surface area (Å²) in [5.41, 5.74) is 0. The summed E-state index contributed by atoms with van der Waals surface area (Å²) in [6.45, 7) is 5.03. The lowest BCUT2D eigenvalue weighted by atomic mass is 10.2. The summed E-state index contributed by atoms with van der Waals surface area (Å²) in [7, 11) is 0. The maximum Gasteiger partial charge on any atom is 0.156 e. The molecule has 0 aromatic carbocycles. The molecule has 2 aliphatic rings. The minimum Gasteiger partial charge on any atom is -0.376 e. The predicted octanol–water partition coefficient (Wildman–Crippen LogP) is 1.26. The Hall–Kier alpha value is -0.260. The number of ether oxygens (including phenoxy) is 2. The third kappa shape index (κ3) is 3.64. The lowest BCUT2D eigenvalue weighted by Gasteiger charge is -2.25. The molecule has 0 spiro atoms. The second kappa shape index (κ2) is 6.47. The second-order valence-electron chi connectivity index (χ2n) is 4.10. The monoisotopic (exact) mass is 244 g/mol. The van der Waals surface area contributed by atoms with E-state index in [1.165, 1.54) is 18.6 Å². The largest absolute Gasteiger partial charge is 0.376 e. The van der Waals surface area contributed by atoms with Crippen LogP contribution >= 0.6 is 11.8 Å². The highest BCUT2D eigenvalue weighted by atomic mass is 32.2. The Labute approximate surface area is 101 Å². The molecule has 0 aromatic rings. The van der Waals surface area contributed by atoms with Gasteiger partial charge in [0.15, 0.2) is 5.17 Å². The predicted molar refractivity (Wildman–Crippen MR) is 67.2 cm³/mol. The Morgan fingerprint density at radius 3 is 3.19 bits per heavy atom. The van der Waals surface area contributed by atoms with Gasteiger partial charge in [-0.2, -0.15) is 0 Å². The van der Waals surface area contributed by atoms with Crippen molar-refractivity contribution in [3.8, 4) is 0 Å². The highest BCUT2D eigenvalue weighted by Gasteiger charge is 2.17.